The van der Waals surface area contributed by atoms with Gasteiger partial charge in [0.25, 0.3) is 0 Å². The highest BCUT2D eigenvalue weighted by Crippen LogP contribution is 2.39. The van der Waals surface area contributed by atoms with Crippen LogP contribution in [0.3, 0.4) is 0 Å². The first-order chi connectivity index (χ1) is 20.7. The van der Waals surface area contributed by atoms with Crippen molar-refractivity contribution in [2.75, 3.05) is 39.3 Å². The predicted octanol–water partition coefficient (Wildman–Crippen LogP) is 4.27. The highest BCUT2D eigenvalue weighted by atomic mass is 32.2. The molecule has 3 aromatic rings. The van der Waals surface area contributed by atoms with E-state index in [0.717, 1.165) is 69.6 Å². The molecule has 0 bridgehead atoms. The van der Waals surface area contributed by atoms with E-state index in [0.29, 0.717) is 25.4 Å². The molecule has 1 N–H and O–H groups in total. The zero-order chi connectivity index (χ0) is 30.3. The number of para-hydroxylation sites is 1. The number of amides is 1. The number of nitrogens with zero attached hydrogens (tertiary/aromatic N) is 4. The van der Waals surface area contributed by atoms with E-state index in [9.17, 15) is 13.2 Å². The predicted molar refractivity (Wildman–Crippen MR) is 163 cm³/mol. The number of nitrogens with one attached hydrogen (secondary N) is 1. The molecule has 4 heterocycles. The summed E-state index contributed by atoms with van der Waals surface area (Å²) < 4.78 is 39.3. The molecule has 232 valence electrons. The van der Waals surface area contributed by atoms with Gasteiger partial charge in [-0.1, -0.05) is 35.8 Å². The number of aromatic nitrogens is 2. The zero-order valence-electron chi connectivity index (χ0n) is 25.3. The fourth-order valence-electron chi connectivity index (χ4n) is 6.46. The second-order valence-electron chi connectivity index (χ2n) is 11.9. The second-order valence-corrected chi connectivity index (χ2v) is 13.6. The maximum Gasteiger partial charge on any atom is 0.245 e. The Morgan fingerprint density at radius 2 is 1.81 bits per heavy atom. The third kappa shape index (κ3) is 8.01. The minimum Gasteiger partial charge on any atom is -0.492 e. The summed E-state index contributed by atoms with van der Waals surface area (Å²) in [7, 11) is -3.79. The van der Waals surface area contributed by atoms with Crippen LogP contribution in [0.4, 0.5) is 0 Å². The molecule has 0 unspecified atom stereocenters. The van der Waals surface area contributed by atoms with Gasteiger partial charge in [0.1, 0.15) is 22.9 Å². The van der Waals surface area contributed by atoms with Crippen LogP contribution in [0.2, 0.25) is 0 Å². The van der Waals surface area contributed by atoms with Crippen LogP contribution in [-0.4, -0.2) is 73.6 Å². The standard InChI is InChI=1S/C32H43N5O5S/c1-25-31(26(2)42-35-25)43(39,40)34-18-13-30(38)37-19-15-32(16-20-37)14-7-5-10-27-9-3-4-12-29(27)41-22-21-36(24-32)23-28-11-6-8-17-33-28/h3-4,6,8-9,11-12,17,34H,5,7,10,13-16,18-24H2,1-2H3. The van der Waals surface area contributed by atoms with Crippen molar-refractivity contribution in [1.29, 1.82) is 0 Å². The molecule has 0 aliphatic carbocycles. The maximum absolute atomic E-state index is 13.1. The molecule has 0 atom stereocenters. The number of rotatable bonds is 7. The fraction of sp³-hybridized carbons (Fsp3) is 0.531. The van der Waals surface area contributed by atoms with E-state index in [2.05, 4.69) is 44.0 Å². The summed E-state index contributed by atoms with van der Waals surface area (Å²) in [5, 5.41) is 3.73. The van der Waals surface area contributed by atoms with Gasteiger partial charge in [-0.2, -0.15) is 0 Å². The van der Waals surface area contributed by atoms with Crippen molar-refractivity contribution < 1.29 is 22.5 Å². The minimum atomic E-state index is -3.79. The largest absolute Gasteiger partial charge is 0.492 e. The summed E-state index contributed by atoms with van der Waals surface area (Å²) in [5.41, 5.74) is 2.70. The van der Waals surface area contributed by atoms with Crippen LogP contribution in [0.5, 0.6) is 5.75 Å². The fourth-order valence-corrected chi connectivity index (χ4v) is 7.82. The molecule has 1 spiro atoms. The number of benzene rings is 1. The summed E-state index contributed by atoms with van der Waals surface area (Å²) in [6.07, 6.45) is 8.09. The lowest BCUT2D eigenvalue weighted by Crippen LogP contribution is -2.49. The number of hydrogen-bond acceptors (Lipinski definition) is 8. The molecule has 2 aliphatic rings. The summed E-state index contributed by atoms with van der Waals surface area (Å²) in [4.78, 5) is 22.1. The molecular weight excluding hydrogens is 566 g/mol. The first kappa shape index (κ1) is 31.2. The van der Waals surface area contributed by atoms with Gasteiger partial charge in [0.2, 0.25) is 15.9 Å². The minimum absolute atomic E-state index is 0.0279. The maximum atomic E-state index is 13.1. The lowest BCUT2D eigenvalue weighted by molar-refractivity contribution is -0.133. The number of aryl methyl sites for hydroxylation is 3. The summed E-state index contributed by atoms with van der Waals surface area (Å²) >= 11 is 0. The van der Waals surface area contributed by atoms with Gasteiger partial charge in [-0.05, 0) is 75.1 Å². The first-order valence-corrected chi connectivity index (χ1v) is 16.8. The third-order valence-corrected chi connectivity index (χ3v) is 10.5. The molecule has 0 radical (unpaired) electrons. The van der Waals surface area contributed by atoms with Crippen molar-refractivity contribution in [3.05, 3.63) is 71.4 Å². The van der Waals surface area contributed by atoms with Gasteiger partial charge in [-0.25, -0.2) is 13.1 Å². The Kier molecular flexibility index (Phi) is 10.1. The van der Waals surface area contributed by atoms with Gasteiger partial charge in [-0.3, -0.25) is 14.7 Å². The molecule has 1 amide bonds. The molecule has 5 rings (SSSR count). The Morgan fingerprint density at radius 3 is 2.56 bits per heavy atom. The van der Waals surface area contributed by atoms with E-state index in [1.807, 2.05) is 29.3 Å². The summed E-state index contributed by atoms with van der Waals surface area (Å²) in [6.45, 7) is 7.61. The summed E-state index contributed by atoms with van der Waals surface area (Å²) in [6, 6.07) is 14.4. The van der Waals surface area contributed by atoms with Gasteiger partial charge >= 0.3 is 0 Å². The molecule has 1 fully saturated rings. The van der Waals surface area contributed by atoms with Gasteiger partial charge < -0.3 is 14.2 Å². The van der Waals surface area contributed by atoms with E-state index in [4.69, 9.17) is 9.26 Å². The number of ether oxygens (including phenoxy) is 1. The van der Waals surface area contributed by atoms with Crippen LogP contribution in [0, 0.1) is 19.3 Å². The lowest BCUT2D eigenvalue weighted by Gasteiger charge is -2.45. The molecule has 2 aromatic heterocycles. The van der Waals surface area contributed by atoms with E-state index >= 15 is 0 Å². The highest BCUT2D eigenvalue weighted by molar-refractivity contribution is 7.89. The van der Waals surface area contributed by atoms with E-state index in [-0.39, 0.29) is 34.9 Å². The number of sulfonamides is 1. The zero-order valence-corrected chi connectivity index (χ0v) is 26.1. The van der Waals surface area contributed by atoms with Crippen LogP contribution in [0.1, 0.15) is 61.2 Å². The van der Waals surface area contributed by atoms with Crippen LogP contribution >= 0.6 is 0 Å². The number of carbonyl (C=O) groups is 1. The molecule has 0 saturated carbocycles. The molecular formula is C32H43N5O5S. The van der Waals surface area contributed by atoms with E-state index in [1.54, 1.807) is 13.8 Å². The normalized spacial score (nSPS) is 18.3. The average Bonchev–Trinajstić information content (AvgIpc) is 3.34. The number of hydrogen-bond donors (Lipinski definition) is 1. The molecule has 11 heteroatoms. The van der Waals surface area contributed by atoms with Crippen molar-refractivity contribution in [1.82, 2.24) is 24.7 Å². The topological polar surface area (TPSA) is 118 Å². The number of piperidine rings is 1. The lowest BCUT2D eigenvalue weighted by atomic mass is 9.73. The van der Waals surface area contributed by atoms with Gasteiger partial charge in [-0.15, -0.1) is 0 Å². The summed E-state index contributed by atoms with van der Waals surface area (Å²) in [5.74, 6) is 1.19. The molecule has 1 aromatic carbocycles. The Bertz CT molecular complexity index is 1450. The van der Waals surface area contributed by atoms with Crippen molar-refractivity contribution in [3.63, 3.8) is 0 Å². The third-order valence-electron chi connectivity index (χ3n) is 8.76. The van der Waals surface area contributed by atoms with E-state index in [1.165, 1.54) is 5.56 Å². The molecule has 43 heavy (non-hydrogen) atoms. The number of fused-ring (bicyclic) bond motifs is 1. The Labute approximate surface area is 254 Å². The SMILES string of the molecule is Cc1noc(C)c1S(=O)(=O)NCCC(=O)N1CCC2(CCCCc3ccccc3OCCN(Cc3ccccn3)C2)CC1. The smallest absolute Gasteiger partial charge is 0.245 e. The highest BCUT2D eigenvalue weighted by Gasteiger charge is 2.37. The molecule has 1 saturated heterocycles. The van der Waals surface area contributed by atoms with Gasteiger partial charge in [0.15, 0.2) is 5.76 Å². The van der Waals surface area contributed by atoms with Crippen molar-refractivity contribution in [2.24, 2.45) is 5.41 Å². The van der Waals surface area contributed by atoms with Gasteiger partial charge in [0.05, 0.1) is 5.69 Å². The Morgan fingerprint density at radius 1 is 1.02 bits per heavy atom. The second kappa shape index (κ2) is 14.0. The van der Waals surface area contributed by atoms with Crippen molar-refractivity contribution in [2.45, 2.75) is 70.2 Å². The van der Waals surface area contributed by atoms with Crippen molar-refractivity contribution >= 4 is 15.9 Å². The van der Waals surface area contributed by atoms with Crippen LogP contribution in [0.15, 0.2) is 58.1 Å². The monoisotopic (exact) mass is 609 g/mol. The number of carbonyl (C=O) groups excluding carboxylic acids is 1. The van der Waals surface area contributed by atoms with Crippen LogP contribution < -0.4 is 9.46 Å². The quantitative estimate of drug-likeness (QED) is 0.422. The Balaban J connectivity index is 1.22. The first-order valence-electron chi connectivity index (χ1n) is 15.3. The van der Waals surface area contributed by atoms with Crippen LogP contribution in [-0.2, 0) is 27.8 Å². The molecule has 10 nitrogen and oxygen atoms in total. The Hall–Kier alpha value is -3.28. The average molecular weight is 610 g/mol. The van der Waals surface area contributed by atoms with Gasteiger partial charge in [0, 0.05) is 51.9 Å². The van der Waals surface area contributed by atoms with E-state index < -0.39 is 10.0 Å². The number of pyridine rings is 1. The van der Waals surface area contributed by atoms with Crippen molar-refractivity contribution in [3.8, 4) is 5.75 Å². The number of likely N-dealkylation sites (tertiary alicyclic amines) is 1. The van der Waals surface area contributed by atoms with Crippen LogP contribution in [0.25, 0.3) is 0 Å². The molecule has 2 aliphatic heterocycles.